The molecule has 0 unspecified atom stereocenters. The minimum absolute atomic E-state index is 0.00461. The first kappa shape index (κ1) is 15.7. The highest BCUT2D eigenvalue weighted by Crippen LogP contribution is 2.25. The summed E-state index contributed by atoms with van der Waals surface area (Å²) in [5.74, 6) is -0.122. The summed E-state index contributed by atoms with van der Waals surface area (Å²) < 4.78 is 22.5. The first-order chi connectivity index (χ1) is 10.9. The van der Waals surface area contributed by atoms with E-state index in [2.05, 4.69) is 12.1 Å². The van der Waals surface area contributed by atoms with Crippen molar-refractivity contribution in [3.8, 4) is 0 Å². The molecule has 23 heavy (non-hydrogen) atoms. The summed E-state index contributed by atoms with van der Waals surface area (Å²) >= 11 is 0. The standard InChI is InChI=1S/C17H18N2O3S/c1-19(15-10-13-4-2-3-5-14(13)11-15)17(20)12-6-8-16(9-7-12)23(18,21)22/h2-9,15H,10-11H2,1H3,(H2,18,21,22). The van der Waals surface area contributed by atoms with Crippen molar-refractivity contribution in [3.63, 3.8) is 0 Å². The fourth-order valence-corrected chi connectivity index (χ4v) is 3.48. The lowest BCUT2D eigenvalue weighted by Gasteiger charge is -2.24. The van der Waals surface area contributed by atoms with E-state index in [0.29, 0.717) is 5.56 Å². The second-order valence-electron chi connectivity index (χ2n) is 5.82. The van der Waals surface area contributed by atoms with Crippen LogP contribution in [0.15, 0.2) is 53.4 Å². The molecular formula is C17H18N2O3S. The maximum Gasteiger partial charge on any atom is 0.253 e. The van der Waals surface area contributed by atoms with Crippen LogP contribution in [0.5, 0.6) is 0 Å². The normalized spacial score (nSPS) is 14.5. The number of likely N-dealkylation sites (N-methyl/N-ethyl adjacent to an activating group) is 1. The summed E-state index contributed by atoms with van der Waals surface area (Å²) in [4.78, 5) is 14.3. The average molecular weight is 330 g/mol. The molecule has 0 heterocycles. The van der Waals surface area contributed by atoms with Crippen molar-refractivity contribution in [1.29, 1.82) is 0 Å². The Kier molecular flexibility index (Phi) is 3.95. The molecule has 6 heteroatoms. The maximum atomic E-state index is 12.6. The van der Waals surface area contributed by atoms with Crippen LogP contribution in [0.2, 0.25) is 0 Å². The van der Waals surface area contributed by atoms with Crippen molar-refractivity contribution in [3.05, 3.63) is 65.2 Å². The number of carbonyl (C=O) groups excluding carboxylic acids is 1. The lowest BCUT2D eigenvalue weighted by atomic mass is 10.1. The Morgan fingerprint density at radius 3 is 2.04 bits per heavy atom. The van der Waals surface area contributed by atoms with E-state index in [1.807, 2.05) is 12.1 Å². The fraction of sp³-hybridized carbons (Fsp3) is 0.235. The van der Waals surface area contributed by atoms with E-state index in [1.54, 1.807) is 11.9 Å². The highest BCUT2D eigenvalue weighted by molar-refractivity contribution is 7.89. The molecule has 2 N–H and O–H groups in total. The predicted molar refractivity (Wildman–Crippen MR) is 87.5 cm³/mol. The summed E-state index contributed by atoms with van der Waals surface area (Å²) in [5, 5.41) is 5.07. The Balaban J connectivity index is 1.76. The number of hydrogen-bond donors (Lipinski definition) is 1. The maximum absolute atomic E-state index is 12.6. The molecule has 0 aliphatic heterocycles. The molecule has 0 fully saturated rings. The van der Waals surface area contributed by atoms with Gasteiger partial charge in [-0.25, -0.2) is 13.6 Å². The Morgan fingerprint density at radius 1 is 1.04 bits per heavy atom. The minimum atomic E-state index is -3.74. The van der Waals surface area contributed by atoms with Crippen LogP contribution < -0.4 is 5.14 Å². The second-order valence-corrected chi connectivity index (χ2v) is 7.38. The number of benzene rings is 2. The summed E-state index contributed by atoms with van der Waals surface area (Å²) in [6.07, 6.45) is 1.68. The second kappa shape index (κ2) is 5.79. The molecule has 2 aromatic rings. The summed E-state index contributed by atoms with van der Waals surface area (Å²) in [6.45, 7) is 0. The third-order valence-corrected chi connectivity index (χ3v) is 5.26. The van der Waals surface area contributed by atoms with E-state index in [0.717, 1.165) is 12.8 Å². The smallest absolute Gasteiger partial charge is 0.253 e. The molecule has 0 saturated heterocycles. The van der Waals surface area contributed by atoms with Crippen molar-refractivity contribution in [1.82, 2.24) is 4.90 Å². The molecule has 3 rings (SSSR count). The zero-order valence-corrected chi connectivity index (χ0v) is 13.6. The van der Waals surface area contributed by atoms with Crippen molar-refractivity contribution in [2.24, 2.45) is 5.14 Å². The first-order valence-electron chi connectivity index (χ1n) is 7.33. The highest BCUT2D eigenvalue weighted by Gasteiger charge is 2.27. The van der Waals surface area contributed by atoms with E-state index >= 15 is 0 Å². The number of amides is 1. The average Bonchev–Trinajstić information content (AvgIpc) is 2.96. The van der Waals surface area contributed by atoms with Gasteiger partial charge in [-0.15, -0.1) is 0 Å². The van der Waals surface area contributed by atoms with Gasteiger partial charge in [0.1, 0.15) is 0 Å². The monoisotopic (exact) mass is 330 g/mol. The molecule has 0 spiro atoms. The number of carbonyl (C=O) groups is 1. The number of sulfonamides is 1. The van der Waals surface area contributed by atoms with E-state index < -0.39 is 10.0 Å². The quantitative estimate of drug-likeness (QED) is 0.927. The molecular weight excluding hydrogens is 312 g/mol. The van der Waals surface area contributed by atoms with E-state index in [9.17, 15) is 13.2 Å². The van der Waals surface area contributed by atoms with Crippen LogP contribution in [0.4, 0.5) is 0 Å². The Morgan fingerprint density at radius 2 is 1.57 bits per heavy atom. The molecule has 1 aliphatic carbocycles. The van der Waals surface area contributed by atoms with Crippen LogP contribution in [-0.2, 0) is 22.9 Å². The summed E-state index contributed by atoms with van der Waals surface area (Å²) in [6, 6.07) is 14.0. The Bertz CT molecular complexity index is 819. The van der Waals surface area contributed by atoms with Gasteiger partial charge >= 0.3 is 0 Å². The van der Waals surface area contributed by atoms with E-state index in [1.165, 1.54) is 35.4 Å². The molecule has 0 bridgehead atoms. The Hall–Kier alpha value is -2.18. The number of nitrogens with zero attached hydrogens (tertiary/aromatic N) is 1. The van der Waals surface area contributed by atoms with Crippen LogP contribution in [0, 0.1) is 0 Å². The largest absolute Gasteiger partial charge is 0.338 e. The van der Waals surface area contributed by atoms with Gasteiger partial charge in [0.25, 0.3) is 5.91 Å². The van der Waals surface area contributed by atoms with Gasteiger partial charge in [-0.3, -0.25) is 4.79 Å². The predicted octanol–water partition coefficient (Wildman–Crippen LogP) is 1.57. The lowest BCUT2D eigenvalue weighted by molar-refractivity contribution is 0.0737. The molecule has 1 amide bonds. The number of nitrogens with two attached hydrogens (primary N) is 1. The third-order valence-electron chi connectivity index (χ3n) is 4.33. The molecule has 0 radical (unpaired) electrons. The van der Waals surface area contributed by atoms with Crippen molar-refractivity contribution >= 4 is 15.9 Å². The molecule has 1 aliphatic rings. The van der Waals surface area contributed by atoms with Crippen LogP contribution >= 0.6 is 0 Å². The molecule has 2 aromatic carbocycles. The topological polar surface area (TPSA) is 80.5 Å². The van der Waals surface area contributed by atoms with Gasteiger partial charge in [-0.2, -0.15) is 0 Å². The van der Waals surface area contributed by atoms with Gasteiger partial charge in [0.2, 0.25) is 10.0 Å². The number of rotatable bonds is 3. The summed E-state index contributed by atoms with van der Waals surface area (Å²) in [7, 11) is -1.96. The lowest BCUT2D eigenvalue weighted by Crippen LogP contribution is -2.37. The number of fused-ring (bicyclic) bond motifs is 1. The van der Waals surface area contributed by atoms with Crippen LogP contribution in [0.1, 0.15) is 21.5 Å². The van der Waals surface area contributed by atoms with Crippen LogP contribution in [0.3, 0.4) is 0 Å². The zero-order chi connectivity index (χ0) is 16.6. The van der Waals surface area contributed by atoms with Gasteiger partial charge < -0.3 is 4.90 Å². The molecule has 0 atom stereocenters. The van der Waals surface area contributed by atoms with Crippen molar-refractivity contribution in [2.75, 3.05) is 7.05 Å². The van der Waals surface area contributed by atoms with Crippen LogP contribution in [-0.4, -0.2) is 32.3 Å². The first-order valence-corrected chi connectivity index (χ1v) is 8.87. The summed E-state index contributed by atoms with van der Waals surface area (Å²) in [5.41, 5.74) is 3.01. The van der Waals surface area contributed by atoms with Gasteiger partial charge in [-0.05, 0) is 48.2 Å². The SMILES string of the molecule is CN(C(=O)c1ccc(S(N)(=O)=O)cc1)C1Cc2ccccc2C1. The van der Waals surface area contributed by atoms with Crippen molar-refractivity contribution < 1.29 is 13.2 Å². The van der Waals surface area contributed by atoms with E-state index in [-0.39, 0.29) is 16.8 Å². The number of primary sulfonamides is 1. The molecule has 5 nitrogen and oxygen atoms in total. The molecule has 120 valence electrons. The third kappa shape index (κ3) is 3.13. The fourth-order valence-electron chi connectivity index (χ4n) is 2.97. The van der Waals surface area contributed by atoms with Crippen LogP contribution in [0.25, 0.3) is 0 Å². The highest BCUT2D eigenvalue weighted by atomic mass is 32.2. The molecule has 0 aromatic heterocycles. The minimum Gasteiger partial charge on any atom is -0.338 e. The van der Waals surface area contributed by atoms with Gasteiger partial charge in [0.15, 0.2) is 0 Å². The van der Waals surface area contributed by atoms with E-state index in [4.69, 9.17) is 5.14 Å². The van der Waals surface area contributed by atoms with Crippen molar-refractivity contribution in [2.45, 2.75) is 23.8 Å². The van der Waals surface area contributed by atoms with Gasteiger partial charge in [0.05, 0.1) is 4.90 Å². The number of hydrogen-bond acceptors (Lipinski definition) is 3. The van der Waals surface area contributed by atoms with Gasteiger partial charge in [-0.1, -0.05) is 24.3 Å². The zero-order valence-electron chi connectivity index (χ0n) is 12.8. The Labute approximate surface area is 135 Å². The molecule has 0 saturated carbocycles. The van der Waals surface area contributed by atoms with Gasteiger partial charge in [0, 0.05) is 18.7 Å².